The zero-order valence-corrected chi connectivity index (χ0v) is 11.0. The molecule has 1 aliphatic carbocycles. The molecule has 104 valence electrons. The molecule has 6 heteroatoms. The highest BCUT2D eigenvalue weighted by molar-refractivity contribution is 5.92. The van der Waals surface area contributed by atoms with Crippen LogP contribution in [-0.4, -0.2) is 26.8 Å². The summed E-state index contributed by atoms with van der Waals surface area (Å²) in [6, 6.07) is 0. The van der Waals surface area contributed by atoms with Crippen LogP contribution in [0.3, 0.4) is 0 Å². The third-order valence-electron chi connectivity index (χ3n) is 3.62. The first kappa shape index (κ1) is 13.6. The van der Waals surface area contributed by atoms with Crippen molar-refractivity contribution in [3.8, 4) is 0 Å². The second-order valence-corrected chi connectivity index (χ2v) is 4.97. The van der Waals surface area contributed by atoms with E-state index in [-0.39, 0.29) is 17.7 Å². The van der Waals surface area contributed by atoms with Crippen molar-refractivity contribution in [2.24, 2.45) is 11.8 Å². The highest BCUT2D eigenvalue weighted by atomic mass is 16.4. The van der Waals surface area contributed by atoms with E-state index in [9.17, 15) is 9.59 Å². The smallest absolute Gasteiger partial charge is 0.306 e. The molecule has 1 fully saturated rings. The number of rotatable bonds is 4. The first-order valence-corrected chi connectivity index (χ1v) is 6.66. The number of nitrogens with zero attached hydrogens (tertiary/aromatic N) is 2. The van der Waals surface area contributed by atoms with Crippen molar-refractivity contribution in [1.82, 2.24) is 9.78 Å². The predicted molar refractivity (Wildman–Crippen MR) is 69.6 cm³/mol. The van der Waals surface area contributed by atoms with Crippen LogP contribution >= 0.6 is 0 Å². The van der Waals surface area contributed by atoms with Crippen LogP contribution in [0.25, 0.3) is 0 Å². The zero-order chi connectivity index (χ0) is 13.8. The summed E-state index contributed by atoms with van der Waals surface area (Å²) in [5.74, 6) is -1.49. The summed E-state index contributed by atoms with van der Waals surface area (Å²) in [5, 5.41) is 15.9. The minimum atomic E-state index is -0.795. The molecule has 2 rings (SSSR count). The van der Waals surface area contributed by atoms with Crippen LogP contribution < -0.4 is 5.32 Å². The molecular formula is C13H19N3O3. The molecule has 1 aromatic rings. The molecular weight excluding hydrogens is 246 g/mol. The van der Waals surface area contributed by atoms with Gasteiger partial charge in [-0.2, -0.15) is 5.10 Å². The van der Waals surface area contributed by atoms with E-state index < -0.39 is 5.97 Å². The monoisotopic (exact) mass is 265 g/mol. The van der Waals surface area contributed by atoms with Gasteiger partial charge in [-0.1, -0.05) is 6.42 Å². The van der Waals surface area contributed by atoms with Crippen LogP contribution in [-0.2, 0) is 16.1 Å². The fraction of sp³-hybridized carbons (Fsp3) is 0.615. The first-order valence-electron chi connectivity index (χ1n) is 6.66. The van der Waals surface area contributed by atoms with Crippen LogP contribution in [0.4, 0.5) is 5.69 Å². The number of carboxylic acid groups (broad SMARTS) is 1. The average Bonchev–Trinajstić information content (AvgIpc) is 2.86. The number of hydrogen-bond acceptors (Lipinski definition) is 3. The van der Waals surface area contributed by atoms with Crippen molar-refractivity contribution in [1.29, 1.82) is 0 Å². The Morgan fingerprint density at radius 2 is 2.21 bits per heavy atom. The van der Waals surface area contributed by atoms with Crippen LogP contribution in [0.15, 0.2) is 12.4 Å². The Bertz CT molecular complexity index is 469. The largest absolute Gasteiger partial charge is 0.481 e. The lowest BCUT2D eigenvalue weighted by atomic mass is 9.81. The average molecular weight is 265 g/mol. The van der Waals surface area contributed by atoms with Crippen molar-refractivity contribution < 1.29 is 14.7 Å². The number of aryl methyl sites for hydroxylation is 1. The molecule has 1 aromatic heterocycles. The van der Waals surface area contributed by atoms with Crippen molar-refractivity contribution in [2.75, 3.05) is 5.32 Å². The van der Waals surface area contributed by atoms with Gasteiger partial charge >= 0.3 is 5.97 Å². The molecule has 19 heavy (non-hydrogen) atoms. The molecule has 2 unspecified atom stereocenters. The number of nitrogens with one attached hydrogen (secondary N) is 1. The van der Waals surface area contributed by atoms with E-state index in [1.165, 1.54) is 0 Å². The van der Waals surface area contributed by atoms with Gasteiger partial charge in [0.15, 0.2) is 0 Å². The van der Waals surface area contributed by atoms with Gasteiger partial charge in [0.25, 0.3) is 0 Å². The fourth-order valence-electron chi connectivity index (χ4n) is 2.50. The number of carboxylic acids is 1. The number of carbonyl (C=O) groups is 2. The summed E-state index contributed by atoms with van der Waals surface area (Å²) in [5.41, 5.74) is 0.671. The van der Waals surface area contributed by atoms with E-state index >= 15 is 0 Å². The minimum Gasteiger partial charge on any atom is -0.481 e. The second kappa shape index (κ2) is 5.86. The Morgan fingerprint density at radius 1 is 1.47 bits per heavy atom. The summed E-state index contributed by atoms with van der Waals surface area (Å²) in [6.07, 6.45) is 6.05. The van der Waals surface area contributed by atoms with Crippen LogP contribution in [0.1, 0.15) is 32.6 Å². The molecule has 0 bridgehead atoms. The maximum atomic E-state index is 12.1. The minimum absolute atomic E-state index is 0.0957. The molecule has 0 radical (unpaired) electrons. The molecule has 1 aliphatic rings. The van der Waals surface area contributed by atoms with Crippen molar-refractivity contribution >= 4 is 17.6 Å². The molecule has 1 heterocycles. The Balaban J connectivity index is 1.93. The third kappa shape index (κ3) is 3.33. The summed E-state index contributed by atoms with van der Waals surface area (Å²) in [4.78, 5) is 23.1. The molecule has 2 N–H and O–H groups in total. The molecule has 0 spiro atoms. The van der Waals surface area contributed by atoms with Crippen LogP contribution in [0, 0.1) is 11.8 Å². The second-order valence-electron chi connectivity index (χ2n) is 4.97. The summed E-state index contributed by atoms with van der Waals surface area (Å²) in [6.45, 7) is 2.72. The normalized spacial score (nSPS) is 23.0. The van der Waals surface area contributed by atoms with E-state index in [1.807, 2.05) is 6.92 Å². The van der Waals surface area contributed by atoms with Gasteiger partial charge in [-0.05, 0) is 26.2 Å². The molecule has 2 atom stereocenters. The van der Waals surface area contributed by atoms with E-state index in [0.29, 0.717) is 18.5 Å². The van der Waals surface area contributed by atoms with Gasteiger partial charge in [0, 0.05) is 18.7 Å². The number of amides is 1. The number of anilines is 1. The zero-order valence-electron chi connectivity index (χ0n) is 11.0. The van der Waals surface area contributed by atoms with Gasteiger partial charge in [0.1, 0.15) is 0 Å². The SMILES string of the molecule is CCn1cc(NC(=O)C2CCCC(C(=O)O)C2)cn1. The Hall–Kier alpha value is -1.85. The molecule has 1 amide bonds. The maximum Gasteiger partial charge on any atom is 0.306 e. The van der Waals surface area contributed by atoms with E-state index in [4.69, 9.17) is 5.11 Å². The number of aromatic nitrogens is 2. The highest BCUT2D eigenvalue weighted by Crippen LogP contribution is 2.30. The van der Waals surface area contributed by atoms with Crippen LogP contribution in [0.5, 0.6) is 0 Å². The van der Waals surface area contributed by atoms with E-state index in [0.717, 1.165) is 19.4 Å². The Labute approximate surface area is 111 Å². The predicted octanol–water partition coefficient (Wildman–Crippen LogP) is 1.73. The summed E-state index contributed by atoms with van der Waals surface area (Å²) < 4.78 is 1.73. The highest BCUT2D eigenvalue weighted by Gasteiger charge is 2.31. The molecule has 6 nitrogen and oxygen atoms in total. The summed E-state index contributed by atoms with van der Waals surface area (Å²) >= 11 is 0. The standard InChI is InChI=1S/C13H19N3O3/c1-2-16-8-11(7-14-16)15-12(17)9-4-3-5-10(6-9)13(18)19/h7-10H,2-6H2,1H3,(H,15,17)(H,18,19). The summed E-state index contributed by atoms with van der Waals surface area (Å²) in [7, 11) is 0. The van der Waals surface area contributed by atoms with Crippen molar-refractivity contribution in [3.63, 3.8) is 0 Å². The van der Waals surface area contributed by atoms with Gasteiger partial charge in [-0.15, -0.1) is 0 Å². The van der Waals surface area contributed by atoms with Gasteiger partial charge in [-0.25, -0.2) is 0 Å². The lowest BCUT2D eigenvalue weighted by Gasteiger charge is -2.25. The van der Waals surface area contributed by atoms with Crippen LogP contribution in [0.2, 0.25) is 0 Å². The molecule has 0 aromatic carbocycles. The van der Waals surface area contributed by atoms with Crippen molar-refractivity contribution in [3.05, 3.63) is 12.4 Å². The van der Waals surface area contributed by atoms with Gasteiger partial charge in [0.2, 0.25) is 5.91 Å². The van der Waals surface area contributed by atoms with Gasteiger partial charge in [0.05, 0.1) is 17.8 Å². The first-order chi connectivity index (χ1) is 9.10. The number of carbonyl (C=O) groups excluding carboxylic acids is 1. The fourth-order valence-corrected chi connectivity index (χ4v) is 2.50. The number of hydrogen-bond donors (Lipinski definition) is 2. The third-order valence-corrected chi connectivity index (χ3v) is 3.62. The quantitative estimate of drug-likeness (QED) is 0.868. The molecule has 0 aliphatic heterocycles. The Morgan fingerprint density at radius 3 is 2.84 bits per heavy atom. The molecule has 0 saturated heterocycles. The lowest BCUT2D eigenvalue weighted by Crippen LogP contribution is -2.30. The Kier molecular flexibility index (Phi) is 4.19. The van der Waals surface area contributed by atoms with Gasteiger partial charge < -0.3 is 10.4 Å². The molecule has 1 saturated carbocycles. The van der Waals surface area contributed by atoms with E-state index in [1.54, 1.807) is 17.1 Å². The van der Waals surface area contributed by atoms with Crippen molar-refractivity contribution in [2.45, 2.75) is 39.2 Å². The number of aliphatic carboxylic acids is 1. The maximum absolute atomic E-state index is 12.1. The lowest BCUT2D eigenvalue weighted by molar-refractivity contribution is -0.143. The van der Waals surface area contributed by atoms with E-state index in [2.05, 4.69) is 10.4 Å². The van der Waals surface area contributed by atoms with Gasteiger partial charge in [-0.3, -0.25) is 14.3 Å². The topological polar surface area (TPSA) is 84.2 Å².